The fourth-order valence-corrected chi connectivity index (χ4v) is 3.37. The van der Waals surface area contributed by atoms with Gasteiger partial charge in [0.05, 0.1) is 18.8 Å². The number of hydrogen-bond acceptors (Lipinski definition) is 4. The first kappa shape index (κ1) is 16.7. The molecule has 1 saturated heterocycles. The van der Waals surface area contributed by atoms with Gasteiger partial charge in [-0.15, -0.1) is 11.3 Å². The highest BCUT2D eigenvalue weighted by Gasteiger charge is 2.26. The summed E-state index contributed by atoms with van der Waals surface area (Å²) in [4.78, 5) is 26.2. The fourth-order valence-electron chi connectivity index (χ4n) is 2.40. The summed E-state index contributed by atoms with van der Waals surface area (Å²) in [5.74, 6) is 0.113. The zero-order valence-corrected chi connectivity index (χ0v) is 13.9. The molecule has 1 N–H and O–H groups in total. The lowest BCUT2D eigenvalue weighted by Crippen LogP contribution is -2.41. The van der Waals surface area contributed by atoms with E-state index in [0.29, 0.717) is 42.8 Å². The van der Waals surface area contributed by atoms with Crippen LogP contribution in [-0.2, 0) is 16.0 Å². The third-order valence-corrected chi connectivity index (χ3v) is 4.37. The third-order valence-electron chi connectivity index (χ3n) is 3.43. The Kier molecular flexibility index (Phi) is 5.74. The molecule has 1 fully saturated rings. The Hall–Kier alpha value is -1.66. The Labute approximate surface area is 135 Å². The van der Waals surface area contributed by atoms with Crippen LogP contribution in [0, 0.1) is 5.92 Å². The summed E-state index contributed by atoms with van der Waals surface area (Å²) < 4.78 is 5.30. The zero-order valence-electron chi connectivity index (χ0n) is 13.1. The standard InChI is InChI=1S/C16H22N2O3S/c1-4-13(19)17-15-14(12(10-22-15)9-11(2)3)16(20)18-5-7-21-8-6-18/h4,10-11H,1,5-9H2,2-3H3,(H,17,19). The number of rotatable bonds is 5. The topological polar surface area (TPSA) is 58.6 Å². The van der Waals surface area contributed by atoms with Crippen LogP contribution in [0.15, 0.2) is 18.0 Å². The first-order valence-electron chi connectivity index (χ1n) is 7.43. The summed E-state index contributed by atoms with van der Waals surface area (Å²) in [7, 11) is 0. The number of carbonyl (C=O) groups is 2. The van der Waals surface area contributed by atoms with Crippen molar-refractivity contribution in [3.8, 4) is 0 Å². The molecule has 1 aromatic rings. The molecule has 120 valence electrons. The molecule has 0 radical (unpaired) electrons. The molecule has 6 heteroatoms. The number of amides is 2. The lowest BCUT2D eigenvalue weighted by atomic mass is 10.0. The second-order valence-electron chi connectivity index (χ2n) is 5.66. The monoisotopic (exact) mass is 322 g/mol. The number of morpholine rings is 1. The molecule has 1 aliphatic rings. The van der Waals surface area contributed by atoms with Crippen molar-refractivity contribution in [3.63, 3.8) is 0 Å². The molecule has 0 spiro atoms. The van der Waals surface area contributed by atoms with Crippen LogP contribution in [-0.4, -0.2) is 43.0 Å². The van der Waals surface area contributed by atoms with E-state index in [2.05, 4.69) is 25.7 Å². The molecule has 22 heavy (non-hydrogen) atoms. The molecule has 2 heterocycles. The van der Waals surface area contributed by atoms with E-state index in [4.69, 9.17) is 4.74 Å². The van der Waals surface area contributed by atoms with E-state index in [1.165, 1.54) is 17.4 Å². The van der Waals surface area contributed by atoms with Crippen LogP contribution in [0.5, 0.6) is 0 Å². The number of nitrogens with one attached hydrogen (secondary N) is 1. The Bertz CT molecular complexity index is 560. The van der Waals surface area contributed by atoms with Gasteiger partial charge in [0.1, 0.15) is 5.00 Å². The molecule has 1 aliphatic heterocycles. The number of carbonyl (C=O) groups excluding carboxylic acids is 2. The molecule has 0 atom stereocenters. The number of ether oxygens (including phenoxy) is 1. The summed E-state index contributed by atoms with van der Waals surface area (Å²) in [6, 6.07) is 0. The number of nitrogens with zero attached hydrogens (tertiary/aromatic N) is 1. The average Bonchev–Trinajstić information content (AvgIpc) is 2.88. The van der Waals surface area contributed by atoms with E-state index in [0.717, 1.165) is 12.0 Å². The molecule has 2 rings (SSSR count). The molecule has 0 saturated carbocycles. The van der Waals surface area contributed by atoms with E-state index in [1.807, 2.05) is 5.38 Å². The van der Waals surface area contributed by atoms with Gasteiger partial charge < -0.3 is 15.0 Å². The summed E-state index contributed by atoms with van der Waals surface area (Å²) >= 11 is 1.40. The predicted molar refractivity (Wildman–Crippen MR) is 88.4 cm³/mol. The summed E-state index contributed by atoms with van der Waals surface area (Å²) in [6.45, 7) is 9.98. The largest absolute Gasteiger partial charge is 0.378 e. The first-order valence-corrected chi connectivity index (χ1v) is 8.31. The van der Waals surface area contributed by atoms with Crippen LogP contribution in [0.3, 0.4) is 0 Å². The number of anilines is 1. The van der Waals surface area contributed by atoms with E-state index in [-0.39, 0.29) is 11.8 Å². The molecule has 0 aromatic carbocycles. The molecule has 0 bridgehead atoms. The van der Waals surface area contributed by atoms with Gasteiger partial charge in [0.2, 0.25) is 5.91 Å². The SMILES string of the molecule is C=CC(=O)Nc1scc(CC(C)C)c1C(=O)N1CCOCC1. The molecule has 0 aliphatic carbocycles. The highest BCUT2D eigenvalue weighted by molar-refractivity contribution is 7.15. The van der Waals surface area contributed by atoms with Gasteiger partial charge in [-0.3, -0.25) is 9.59 Å². The van der Waals surface area contributed by atoms with Crippen molar-refractivity contribution in [3.05, 3.63) is 29.2 Å². The van der Waals surface area contributed by atoms with Crippen LogP contribution in [0.4, 0.5) is 5.00 Å². The molecule has 0 unspecified atom stereocenters. The summed E-state index contributed by atoms with van der Waals surface area (Å²) in [5.41, 5.74) is 1.62. The normalized spacial score (nSPS) is 15.0. The molecular weight excluding hydrogens is 300 g/mol. The van der Waals surface area contributed by atoms with Crippen LogP contribution in [0.1, 0.15) is 29.8 Å². The van der Waals surface area contributed by atoms with Crippen molar-refractivity contribution in [2.24, 2.45) is 5.92 Å². The van der Waals surface area contributed by atoms with E-state index >= 15 is 0 Å². The van der Waals surface area contributed by atoms with E-state index < -0.39 is 0 Å². The van der Waals surface area contributed by atoms with Crippen molar-refractivity contribution in [2.45, 2.75) is 20.3 Å². The van der Waals surface area contributed by atoms with Crippen molar-refractivity contribution in [1.82, 2.24) is 4.90 Å². The van der Waals surface area contributed by atoms with Crippen molar-refractivity contribution in [2.75, 3.05) is 31.6 Å². The van der Waals surface area contributed by atoms with Gasteiger partial charge >= 0.3 is 0 Å². The zero-order chi connectivity index (χ0) is 16.1. The molecular formula is C16H22N2O3S. The second kappa shape index (κ2) is 7.56. The number of thiophene rings is 1. The van der Waals surface area contributed by atoms with Gasteiger partial charge in [-0.2, -0.15) is 0 Å². The quantitative estimate of drug-likeness (QED) is 0.848. The lowest BCUT2D eigenvalue weighted by Gasteiger charge is -2.27. The van der Waals surface area contributed by atoms with Crippen molar-refractivity contribution >= 4 is 28.2 Å². The average molecular weight is 322 g/mol. The van der Waals surface area contributed by atoms with Gasteiger partial charge in [0.15, 0.2) is 0 Å². The smallest absolute Gasteiger partial charge is 0.257 e. The molecule has 1 aromatic heterocycles. The Morgan fingerprint density at radius 2 is 2.14 bits per heavy atom. The minimum absolute atomic E-state index is 0.0282. The molecule has 5 nitrogen and oxygen atoms in total. The van der Waals surface area contributed by atoms with Gasteiger partial charge in [0, 0.05) is 13.1 Å². The maximum absolute atomic E-state index is 12.9. The summed E-state index contributed by atoms with van der Waals surface area (Å²) in [6.07, 6.45) is 2.02. The van der Waals surface area contributed by atoms with Gasteiger partial charge in [0.25, 0.3) is 5.91 Å². The summed E-state index contributed by atoms with van der Waals surface area (Å²) in [5, 5.41) is 5.33. The maximum Gasteiger partial charge on any atom is 0.257 e. The molecule has 2 amide bonds. The van der Waals surface area contributed by atoms with Crippen LogP contribution in [0.2, 0.25) is 0 Å². The Balaban J connectivity index is 2.30. The van der Waals surface area contributed by atoms with Crippen LogP contribution < -0.4 is 5.32 Å². The minimum atomic E-state index is -0.297. The third kappa shape index (κ3) is 3.96. The van der Waals surface area contributed by atoms with Gasteiger partial charge in [-0.25, -0.2) is 0 Å². The van der Waals surface area contributed by atoms with Gasteiger partial charge in [-0.1, -0.05) is 20.4 Å². The Morgan fingerprint density at radius 1 is 1.45 bits per heavy atom. The van der Waals surface area contributed by atoms with E-state index in [9.17, 15) is 9.59 Å². The highest BCUT2D eigenvalue weighted by atomic mass is 32.1. The highest BCUT2D eigenvalue weighted by Crippen LogP contribution is 2.31. The Morgan fingerprint density at radius 3 is 2.73 bits per heavy atom. The van der Waals surface area contributed by atoms with Crippen molar-refractivity contribution < 1.29 is 14.3 Å². The lowest BCUT2D eigenvalue weighted by molar-refractivity contribution is -0.111. The van der Waals surface area contributed by atoms with Crippen molar-refractivity contribution in [1.29, 1.82) is 0 Å². The predicted octanol–water partition coefficient (Wildman–Crippen LogP) is 2.54. The van der Waals surface area contributed by atoms with Gasteiger partial charge in [-0.05, 0) is 29.4 Å². The minimum Gasteiger partial charge on any atom is -0.378 e. The van der Waals surface area contributed by atoms with E-state index in [1.54, 1.807) is 4.90 Å². The second-order valence-corrected chi connectivity index (χ2v) is 6.54. The maximum atomic E-state index is 12.9. The van der Waals surface area contributed by atoms with Crippen LogP contribution >= 0.6 is 11.3 Å². The first-order chi connectivity index (χ1) is 10.5. The van der Waals surface area contributed by atoms with Crippen LogP contribution in [0.25, 0.3) is 0 Å². The number of hydrogen-bond donors (Lipinski definition) is 1. The fraction of sp³-hybridized carbons (Fsp3) is 0.500.